The van der Waals surface area contributed by atoms with Gasteiger partial charge in [0.2, 0.25) is 0 Å². The number of aromatic nitrogens is 3. The number of hydrogen-bond acceptors (Lipinski definition) is 4. The van der Waals surface area contributed by atoms with Crippen LogP contribution in [0.3, 0.4) is 0 Å². The Kier molecular flexibility index (Phi) is 3.09. The molecule has 0 radical (unpaired) electrons. The minimum Gasteiger partial charge on any atom is -0.340 e. The fraction of sp³-hybridized carbons (Fsp3) is 0.0625. The van der Waals surface area contributed by atoms with E-state index in [9.17, 15) is 9.18 Å². The lowest BCUT2D eigenvalue weighted by Crippen LogP contribution is -2.11. The number of benzene rings is 2. The number of carbonyl (C=O) groups is 1. The molecule has 1 amide bonds. The van der Waals surface area contributed by atoms with Gasteiger partial charge in [0.05, 0.1) is 16.5 Å². The second-order valence-electron chi connectivity index (χ2n) is 5.18. The van der Waals surface area contributed by atoms with Crippen LogP contribution in [-0.4, -0.2) is 20.4 Å². The summed E-state index contributed by atoms with van der Waals surface area (Å²) in [5.41, 5.74) is 1.10. The fourth-order valence-electron chi connectivity index (χ4n) is 2.43. The average molecular weight is 326 g/mol. The number of halogens is 1. The molecule has 23 heavy (non-hydrogen) atoms. The molecule has 0 bridgehead atoms. The van der Waals surface area contributed by atoms with Gasteiger partial charge in [-0.3, -0.25) is 10.1 Å². The van der Waals surface area contributed by atoms with Crippen molar-refractivity contribution in [3.63, 3.8) is 0 Å². The molecule has 0 unspecified atom stereocenters. The van der Waals surface area contributed by atoms with Crippen LogP contribution in [0.5, 0.6) is 0 Å². The molecule has 4 aromatic rings. The SMILES string of the molecule is Cn1cnc(C(=O)Nc2nc3ccc4cc(F)ccc4c3s2)c1. The quantitative estimate of drug-likeness (QED) is 0.612. The highest BCUT2D eigenvalue weighted by Gasteiger charge is 2.13. The van der Waals surface area contributed by atoms with Crippen LogP contribution in [0.15, 0.2) is 42.9 Å². The molecule has 2 aromatic heterocycles. The number of carbonyl (C=O) groups excluding carboxylic acids is 1. The number of hydrogen-bond donors (Lipinski definition) is 1. The van der Waals surface area contributed by atoms with Gasteiger partial charge in [-0.15, -0.1) is 0 Å². The maximum absolute atomic E-state index is 13.3. The third-order valence-electron chi connectivity index (χ3n) is 3.49. The predicted octanol–water partition coefficient (Wildman–Crippen LogP) is 3.57. The van der Waals surface area contributed by atoms with E-state index in [1.807, 2.05) is 12.1 Å². The number of nitrogens with one attached hydrogen (secondary N) is 1. The highest BCUT2D eigenvalue weighted by molar-refractivity contribution is 7.23. The minimum atomic E-state index is -0.306. The molecular weight excluding hydrogens is 315 g/mol. The largest absolute Gasteiger partial charge is 0.340 e. The van der Waals surface area contributed by atoms with Crippen LogP contribution in [0.25, 0.3) is 21.0 Å². The van der Waals surface area contributed by atoms with E-state index in [0.29, 0.717) is 10.8 Å². The molecule has 0 saturated carbocycles. The first-order valence-electron chi connectivity index (χ1n) is 6.88. The van der Waals surface area contributed by atoms with Crippen molar-refractivity contribution in [2.75, 3.05) is 5.32 Å². The van der Waals surface area contributed by atoms with Crippen molar-refractivity contribution in [1.82, 2.24) is 14.5 Å². The van der Waals surface area contributed by atoms with Crippen LogP contribution >= 0.6 is 11.3 Å². The van der Waals surface area contributed by atoms with Crippen molar-refractivity contribution in [3.05, 3.63) is 54.4 Å². The molecule has 0 saturated heterocycles. The second kappa shape index (κ2) is 5.13. The summed E-state index contributed by atoms with van der Waals surface area (Å²) in [6.45, 7) is 0. The van der Waals surface area contributed by atoms with Crippen molar-refractivity contribution >= 4 is 43.4 Å². The highest BCUT2D eigenvalue weighted by Crippen LogP contribution is 2.33. The molecule has 2 heterocycles. The van der Waals surface area contributed by atoms with E-state index in [2.05, 4.69) is 15.3 Å². The van der Waals surface area contributed by atoms with Crippen molar-refractivity contribution in [2.24, 2.45) is 7.05 Å². The molecule has 0 atom stereocenters. The zero-order chi connectivity index (χ0) is 16.0. The molecule has 5 nitrogen and oxygen atoms in total. The first kappa shape index (κ1) is 13.8. The fourth-order valence-corrected chi connectivity index (χ4v) is 3.42. The molecular formula is C16H11FN4OS. The van der Waals surface area contributed by atoms with Crippen molar-refractivity contribution in [1.29, 1.82) is 0 Å². The molecule has 7 heteroatoms. The number of thiazole rings is 1. The first-order chi connectivity index (χ1) is 11.1. The topological polar surface area (TPSA) is 59.8 Å². The van der Waals surface area contributed by atoms with Gasteiger partial charge in [-0.25, -0.2) is 14.4 Å². The van der Waals surface area contributed by atoms with Gasteiger partial charge in [-0.05, 0) is 29.7 Å². The predicted molar refractivity (Wildman–Crippen MR) is 88.2 cm³/mol. The summed E-state index contributed by atoms with van der Waals surface area (Å²) in [6, 6.07) is 8.29. The maximum Gasteiger partial charge on any atom is 0.277 e. The van der Waals surface area contributed by atoms with E-state index >= 15 is 0 Å². The minimum absolute atomic E-state index is 0.273. The Morgan fingerprint density at radius 1 is 1.30 bits per heavy atom. The lowest BCUT2D eigenvalue weighted by molar-refractivity contribution is 0.102. The van der Waals surface area contributed by atoms with E-state index in [1.54, 1.807) is 30.2 Å². The smallest absolute Gasteiger partial charge is 0.277 e. The molecule has 0 aliphatic carbocycles. The van der Waals surface area contributed by atoms with Gasteiger partial charge >= 0.3 is 0 Å². The van der Waals surface area contributed by atoms with Gasteiger partial charge in [0.25, 0.3) is 5.91 Å². The zero-order valence-electron chi connectivity index (χ0n) is 12.1. The van der Waals surface area contributed by atoms with E-state index in [0.717, 1.165) is 21.0 Å². The summed E-state index contributed by atoms with van der Waals surface area (Å²) in [5.74, 6) is -0.579. The van der Waals surface area contributed by atoms with Crippen LogP contribution in [0.2, 0.25) is 0 Å². The number of imidazole rings is 1. The number of nitrogens with zero attached hydrogens (tertiary/aromatic N) is 3. The van der Waals surface area contributed by atoms with Crippen LogP contribution in [0.4, 0.5) is 9.52 Å². The lowest BCUT2D eigenvalue weighted by atomic mass is 10.1. The molecule has 0 spiro atoms. The molecule has 1 N–H and O–H groups in total. The van der Waals surface area contributed by atoms with Gasteiger partial charge in [0, 0.05) is 18.6 Å². The Labute approximate surface area is 134 Å². The van der Waals surface area contributed by atoms with Crippen LogP contribution < -0.4 is 5.32 Å². The number of rotatable bonds is 2. The van der Waals surface area contributed by atoms with E-state index in [1.165, 1.54) is 23.5 Å². The third kappa shape index (κ3) is 2.44. The highest BCUT2D eigenvalue weighted by atomic mass is 32.1. The summed E-state index contributed by atoms with van der Waals surface area (Å²) >= 11 is 1.36. The van der Waals surface area contributed by atoms with Crippen molar-refractivity contribution in [2.45, 2.75) is 0 Å². The maximum atomic E-state index is 13.3. The first-order valence-corrected chi connectivity index (χ1v) is 7.70. The number of amides is 1. The lowest BCUT2D eigenvalue weighted by Gasteiger charge is -1.98. The zero-order valence-corrected chi connectivity index (χ0v) is 12.9. The molecule has 0 aliphatic rings. The molecule has 2 aromatic carbocycles. The number of aryl methyl sites for hydroxylation is 1. The number of fused-ring (bicyclic) bond motifs is 3. The molecule has 0 aliphatic heterocycles. The van der Waals surface area contributed by atoms with Gasteiger partial charge in [-0.2, -0.15) is 0 Å². The molecule has 114 valence electrons. The molecule has 0 fully saturated rings. The summed E-state index contributed by atoms with van der Waals surface area (Å²) in [5, 5.41) is 4.97. The van der Waals surface area contributed by atoms with Gasteiger partial charge in [0.1, 0.15) is 11.5 Å². The summed E-state index contributed by atoms with van der Waals surface area (Å²) < 4.78 is 15.9. The normalized spacial score (nSPS) is 11.2. The van der Waals surface area contributed by atoms with Gasteiger partial charge in [0.15, 0.2) is 5.13 Å². The van der Waals surface area contributed by atoms with Gasteiger partial charge in [-0.1, -0.05) is 17.4 Å². The standard InChI is InChI=1S/C16H11FN4OS/c1-21-7-13(18-8-21)15(22)20-16-19-12-5-2-9-6-10(17)3-4-11(9)14(12)23-16/h2-8H,1H3,(H,19,20,22). The number of anilines is 1. The van der Waals surface area contributed by atoms with E-state index < -0.39 is 0 Å². The van der Waals surface area contributed by atoms with Crippen LogP contribution in [0.1, 0.15) is 10.5 Å². The summed E-state index contributed by atoms with van der Waals surface area (Å²) in [7, 11) is 1.80. The van der Waals surface area contributed by atoms with Crippen LogP contribution in [0, 0.1) is 5.82 Å². The van der Waals surface area contributed by atoms with Crippen molar-refractivity contribution < 1.29 is 9.18 Å². The van der Waals surface area contributed by atoms with Crippen LogP contribution in [-0.2, 0) is 7.05 Å². The summed E-state index contributed by atoms with van der Waals surface area (Å²) in [6.07, 6.45) is 3.20. The Balaban J connectivity index is 1.74. The second-order valence-corrected chi connectivity index (χ2v) is 6.18. The summed E-state index contributed by atoms with van der Waals surface area (Å²) in [4.78, 5) is 20.6. The Bertz CT molecular complexity index is 1050. The molecule has 4 rings (SSSR count). The Hall–Kier alpha value is -2.80. The third-order valence-corrected chi connectivity index (χ3v) is 4.51. The monoisotopic (exact) mass is 326 g/mol. The Morgan fingerprint density at radius 2 is 2.17 bits per heavy atom. The van der Waals surface area contributed by atoms with Gasteiger partial charge < -0.3 is 4.57 Å². The Morgan fingerprint density at radius 3 is 2.96 bits per heavy atom. The average Bonchev–Trinajstić information content (AvgIpc) is 3.12. The van der Waals surface area contributed by atoms with Crippen molar-refractivity contribution in [3.8, 4) is 0 Å². The van der Waals surface area contributed by atoms with E-state index in [4.69, 9.17) is 0 Å². The van der Waals surface area contributed by atoms with E-state index in [-0.39, 0.29) is 11.7 Å².